The number of carboxylic acids is 3. The van der Waals surface area contributed by atoms with Gasteiger partial charge in [0.05, 0.1) is 64.1 Å². The maximum Gasteiger partial charge on any atom is 0.317 e. The van der Waals surface area contributed by atoms with Gasteiger partial charge >= 0.3 is 17.9 Å². The number of aliphatic hydroxyl groups excluding tert-OH is 1. The topological polar surface area (TPSA) is 530 Å². The van der Waals surface area contributed by atoms with Crippen LogP contribution in [0.3, 0.4) is 0 Å². The second-order valence-electron chi connectivity index (χ2n) is 22.3. The number of hydrogen-bond acceptors (Lipinski definition) is 21. The lowest BCUT2D eigenvalue weighted by molar-refractivity contribution is -0.143. The van der Waals surface area contributed by atoms with Crippen molar-refractivity contribution in [1.29, 1.82) is 0 Å². The predicted octanol–water partition coefficient (Wildman–Crippen LogP) is -2.28. The van der Waals surface area contributed by atoms with Gasteiger partial charge in [0, 0.05) is 51.4 Å². The molecular formula is C58H96N16O19. The Bertz CT molecular complexity index is 2600. The van der Waals surface area contributed by atoms with Crippen molar-refractivity contribution < 1.29 is 92.2 Å². The summed E-state index contributed by atoms with van der Waals surface area (Å²) in [4.78, 5) is 174. The van der Waals surface area contributed by atoms with Crippen LogP contribution in [0.5, 0.6) is 0 Å². The molecule has 0 unspecified atom stereocenters. The van der Waals surface area contributed by atoms with E-state index in [2.05, 4.69) is 73.1 Å². The highest BCUT2D eigenvalue weighted by atomic mass is 16.5. The van der Waals surface area contributed by atoms with Crippen molar-refractivity contribution in [3.8, 4) is 0 Å². The van der Waals surface area contributed by atoms with Crippen LogP contribution in [0.4, 0.5) is 0 Å². The van der Waals surface area contributed by atoms with Crippen molar-refractivity contribution in [3.05, 3.63) is 24.0 Å². The SMILES string of the molecule is CCCC[C@H](NC(=O)[C@H](CNC(=O)CN(CC(=O)O)CC(=O)O)NC(=O)[C@H](Cc1c[nH]cn1)NC(=O)[C@H](CCC(N)=O)NC(=O)[C@H](CO)NC(=O)[C@H](CCC(=O)O)NC(=O)COCCOCCNC(=O)CCCCCCCCCCCCCCCc1nnn[nH]1)C(C)=O. The number of hydrogen-bond donors (Lipinski definition) is 15. The van der Waals surface area contributed by atoms with E-state index in [0.29, 0.717) is 19.3 Å². The van der Waals surface area contributed by atoms with Gasteiger partial charge in [0.1, 0.15) is 42.6 Å². The summed E-state index contributed by atoms with van der Waals surface area (Å²) in [6, 6.07) is -9.72. The van der Waals surface area contributed by atoms with E-state index in [4.69, 9.17) is 15.2 Å². The molecule has 0 aliphatic heterocycles. The normalized spacial score (nSPS) is 13.0. The lowest BCUT2D eigenvalue weighted by atomic mass is 10.0. The van der Waals surface area contributed by atoms with Crippen LogP contribution in [0.25, 0.3) is 0 Å². The van der Waals surface area contributed by atoms with E-state index in [1.54, 1.807) is 0 Å². The first kappa shape index (κ1) is 80.5. The van der Waals surface area contributed by atoms with Crippen molar-refractivity contribution in [2.45, 2.75) is 198 Å². The number of Topliss-reactive ketones (excluding diaryl/α,β-unsaturated/α-hetero) is 1. The second kappa shape index (κ2) is 48.2. The third kappa shape index (κ3) is 38.8. The zero-order chi connectivity index (χ0) is 68.8. The van der Waals surface area contributed by atoms with Gasteiger partial charge in [-0.05, 0) is 49.5 Å². The number of nitrogens with one attached hydrogen (secondary N) is 10. The second-order valence-corrected chi connectivity index (χ2v) is 22.3. The van der Waals surface area contributed by atoms with E-state index < -0.39 is 179 Å². The third-order valence-corrected chi connectivity index (χ3v) is 14.3. The van der Waals surface area contributed by atoms with Crippen LogP contribution in [0.1, 0.15) is 160 Å². The number of nitrogens with two attached hydrogens (primary N) is 1. The molecule has 0 aliphatic rings. The van der Waals surface area contributed by atoms with Crippen LogP contribution in [-0.2, 0) is 84.6 Å². The number of aryl methyl sites for hydroxylation is 1. The van der Waals surface area contributed by atoms with Gasteiger partial charge in [-0.15, -0.1) is 5.10 Å². The number of aliphatic carboxylic acids is 3. The van der Waals surface area contributed by atoms with E-state index in [1.165, 1.54) is 70.8 Å². The Labute approximate surface area is 538 Å². The van der Waals surface area contributed by atoms with Crippen molar-refractivity contribution in [1.82, 2.24) is 78.0 Å². The zero-order valence-electron chi connectivity index (χ0n) is 53.2. The number of H-pyrrole nitrogens is 2. The summed E-state index contributed by atoms with van der Waals surface area (Å²) in [6.07, 6.45) is 17.4. The van der Waals surface area contributed by atoms with E-state index in [-0.39, 0.29) is 44.4 Å². The number of amides is 9. The average Bonchev–Trinajstić information content (AvgIpc) is 2.65. The van der Waals surface area contributed by atoms with Gasteiger partial charge in [-0.2, -0.15) is 0 Å². The van der Waals surface area contributed by atoms with Crippen LogP contribution in [0.2, 0.25) is 0 Å². The molecule has 0 fully saturated rings. The number of aliphatic hydroxyl groups is 1. The van der Waals surface area contributed by atoms with Gasteiger partial charge in [0.2, 0.25) is 53.2 Å². The Morgan fingerprint density at radius 1 is 0.559 bits per heavy atom. The summed E-state index contributed by atoms with van der Waals surface area (Å²) in [5, 5.41) is 71.3. The molecule has 9 amide bonds. The molecule has 0 bridgehead atoms. The number of nitrogens with zero attached hydrogens (tertiary/aromatic N) is 5. The first-order valence-electron chi connectivity index (χ1n) is 31.5. The largest absolute Gasteiger partial charge is 0.481 e. The Morgan fingerprint density at radius 2 is 1.10 bits per heavy atom. The lowest BCUT2D eigenvalue weighted by Crippen LogP contribution is -2.61. The fraction of sp³-hybridized carbons (Fsp3) is 0.707. The van der Waals surface area contributed by atoms with Crippen LogP contribution >= 0.6 is 0 Å². The summed E-state index contributed by atoms with van der Waals surface area (Å²) in [6.45, 7) is -1.53. The summed E-state index contributed by atoms with van der Waals surface area (Å²) in [5.41, 5.74) is 5.54. The first-order chi connectivity index (χ1) is 44.5. The van der Waals surface area contributed by atoms with E-state index in [9.17, 15) is 82.8 Å². The first-order valence-corrected chi connectivity index (χ1v) is 31.5. The number of carbonyl (C=O) groups is 13. The third-order valence-electron chi connectivity index (χ3n) is 14.3. The number of unbranched alkanes of at least 4 members (excludes halogenated alkanes) is 13. The molecule has 0 aromatic carbocycles. The number of carbonyl (C=O) groups excluding carboxylic acids is 10. The van der Waals surface area contributed by atoms with E-state index in [1.807, 2.05) is 6.92 Å². The predicted molar refractivity (Wildman–Crippen MR) is 328 cm³/mol. The van der Waals surface area contributed by atoms with Gasteiger partial charge in [-0.1, -0.05) is 90.4 Å². The van der Waals surface area contributed by atoms with E-state index >= 15 is 0 Å². The highest BCUT2D eigenvalue weighted by molar-refractivity contribution is 5.98. The number of ketones is 1. The lowest BCUT2D eigenvalue weighted by Gasteiger charge is -2.27. The van der Waals surface area contributed by atoms with Crippen LogP contribution in [0, 0.1) is 0 Å². The maximum absolute atomic E-state index is 14.2. The molecule has 0 saturated heterocycles. The summed E-state index contributed by atoms with van der Waals surface area (Å²) >= 11 is 0. The molecule has 0 saturated carbocycles. The fourth-order valence-electron chi connectivity index (χ4n) is 9.27. The fourth-order valence-corrected chi connectivity index (χ4v) is 9.27. The number of carboxylic acid groups (broad SMARTS) is 3. The van der Waals surface area contributed by atoms with Gasteiger partial charge in [0.15, 0.2) is 5.78 Å². The number of aromatic amines is 2. The van der Waals surface area contributed by atoms with Gasteiger partial charge in [-0.3, -0.25) is 67.2 Å². The van der Waals surface area contributed by atoms with Crippen molar-refractivity contribution in [3.63, 3.8) is 0 Å². The van der Waals surface area contributed by atoms with Crippen LogP contribution in [-0.4, -0.2) is 235 Å². The minimum Gasteiger partial charge on any atom is -0.481 e. The molecule has 93 heavy (non-hydrogen) atoms. The molecule has 0 radical (unpaired) electrons. The summed E-state index contributed by atoms with van der Waals surface area (Å²) in [5.74, 6) is -12.4. The molecule has 0 spiro atoms. The zero-order valence-corrected chi connectivity index (χ0v) is 53.2. The molecule has 35 nitrogen and oxygen atoms in total. The molecule has 16 N–H and O–H groups in total. The van der Waals surface area contributed by atoms with Crippen molar-refractivity contribution in [2.75, 3.05) is 65.8 Å². The molecule has 0 aliphatic carbocycles. The van der Waals surface area contributed by atoms with Crippen molar-refractivity contribution >= 4 is 76.9 Å². The minimum absolute atomic E-state index is 0.0290. The van der Waals surface area contributed by atoms with E-state index in [0.717, 1.165) is 49.2 Å². The van der Waals surface area contributed by atoms with Crippen LogP contribution < -0.4 is 48.3 Å². The number of imidazole rings is 1. The highest BCUT2D eigenvalue weighted by Gasteiger charge is 2.34. The highest BCUT2D eigenvalue weighted by Crippen LogP contribution is 2.14. The molecule has 2 aromatic rings. The Kier molecular flexibility index (Phi) is 41.7. The molecule has 2 heterocycles. The number of aromatic nitrogens is 6. The van der Waals surface area contributed by atoms with Gasteiger partial charge in [-0.25, -0.2) is 10.1 Å². The Morgan fingerprint density at radius 3 is 1.66 bits per heavy atom. The quantitative estimate of drug-likeness (QED) is 0.0310. The maximum atomic E-state index is 14.2. The number of rotatable bonds is 56. The standard InChI is InChI=1S/C58H96N16O19/c1-3-4-18-40(38(2)76)65-57(90)44(31-62-49(79)32-74(33-52(83)84)34-53(85)86)68-56(89)43(29-39-30-60-37-63-39)67-55(88)42(21-23-46(59)77)66-58(91)45(35-75)69-54(87)41(22-24-51(81)82)64-50(80)36-93-28-27-92-26-25-61-48(78)20-17-15-13-11-9-7-5-6-8-10-12-14-16-19-47-70-72-73-71-47/h30,37,40-45,75H,3-29,31-36H2,1-2H3,(H2,59,77)(H,60,63)(H,61,78)(H,62,79)(H,64,80)(H,65,90)(H,66,91)(H,67,88)(H,68,89)(H,69,87)(H,81,82)(H,83,84)(H,85,86)(H,70,71,72,73)/t40-,41-,42-,43-,44-,45-/m0/s1. The summed E-state index contributed by atoms with van der Waals surface area (Å²) < 4.78 is 10.8. The average molecular weight is 1320 g/mol. The van der Waals surface area contributed by atoms with Gasteiger partial charge < -0.3 is 83.2 Å². The number of ether oxygens (including phenoxy) is 2. The van der Waals surface area contributed by atoms with Crippen LogP contribution in [0.15, 0.2) is 12.5 Å². The molecule has 2 rings (SSSR count). The molecule has 6 atom stereocenters. The molecule has 35 heteroatoms. The monoisotopic (exact) mass is 1320 g/mol. The Hall–Kier alpha value is -8.57. The Balaban J connectivity index is 1.97. The molecular weight excluding hydrogens is 1220 g/mol. The molecule has 522 valence electrons. The smallest absolute Gasteiger partial charge is 0.317 e. The molecule has 2 aromatic heterocycles. The van der Waals surface area contributed by atoms with Crippen molar-refractivity contribution in [2.24, 2.45) is 5.73 Å². The van der Waals surface area contributed by atoms with Gasteiger partial charge in [0.25, 0.3) is 0 Å². The number of primary amides is 1. The summed E-state index contributed by atoms with van der Waals surface area (Å²) in [7, 11) is 0. The number of tetrazole rings is 1. The minimum atomic E-state index is -1.89.